The van der Waals surface area contributed by atoms with E-state index in [-0.39, 0.29) is 5.41 Å². The van der Waals surface area contributed by atoms with Crippen LogP contribution in [0.3, 0.4) is 0 Å². The first-order valence-electron chi connectivity index (χ1n) is 13.5. The van der Waals surface area contributed by atoms with Crippen molar-refractivity contribution in [3.63, 3.8) is 0 Å². The topological polar surface area (TPSA) is 0 Å². The van der Waals surface area contributed by atoms with Gasteiger partial charge in [-0.25, -0.2) is 0 Å². The van der Waals surface area contributed by atoms with E-state index in [1.54, 1.807) is 5.57 Å². The molecule has 0 radical (unpaired) electrons. The molecule has 5 rings (SSSR count). The Hall–Kier alpha value is -1.60. The second kappa shape index (κ2) is 8.56. The standard InChI is InChI=1S/C32H44Si/c1-7-8-19-33(6,30-18-14-23-11-9-10-12-25(23)30)31-28-20-22(2)13-16-26(28)27-17-15-24(21-29(27)31)32(3,4)5/h7,9-13,15-17,20-21,23,25-31H,1,8,14,18-19H2,2-6H3. The van der Waals surface area contributed by atoms with Gasteiger partial charge in [-0.05, 0) is 77.3 Å². The molecule has 2 fully saturated rings. The van der Waals surface area contributed by atoms with Crippen molar-refractivity contribution in [2.45, 2.75) is 70.6 Å². The van der Waals surface area contributed by atoms with E-state index >= 15 is 0 Å². The zero-order chi connectivity index (χ0) is 23.4. The third-order valence-corrected chi connectivity index (χ3v) is 16.0. The molecule has 0 aliphatic heterocycles. The Labute approximate surface area is 204 Å². The molecule has 176 valence electrons. The summed E-state index contributed by atoms with van der Waals surface area (Å²) in [6.07, 6.45) is 31.5. The van der Waals surface area contributed by atoms with Gasteiger partial charge in [0, 0.05) is 0 Å². The fourth-order valence-corrected chi connectivity index (χ4v) is 14.9. The number of hydrogen-bond donors (Lipinski definition) is 0. The third kappa shape index (κ3) is 3.89. The largest absolute Gasteiger partial charge is 0.103 e. The van der Waals surface area contributed by atoms with E-state index < -0.39 is 8.07 Å². The molecule has 0 saturated heterocycles. The number of hydrogen-bond acceptors (Lipinski definition) is 0. The van der Waals surface area contributed by atoms with Gasteiger partial charge in [0.1, 0.15) is 0 Å². The van der Waals surface area contributed by atoms with Crippen LogP contribution in [-0.2, 0) is 0 Å². The molecule has 0 heterocycles. The van der Waals surface area contributed by atoms with Gasteiger partial charge in [-0.3, -0.25) is 0 Å². The van der Waals surface area contributed by atoms with Crippen LogP contribution < -0.4 is 0 Å². The summed E-state index contributed by atoms with van der Waals surface area (Å²) in [7, 11) is -1.66. The SMILES string of the molecule is C=CCC[Si](C)(C1CCC2C=CC=CC21)C1C2C=C(C)C=CC2C2C=CC(C(C)(C)C)=CC21. The van der Waals surface area contributed by atoms with E-state index in [2.05, 4.69) is 108 Å². The Balaban J connectivity index is 1.61. The molecule has 0 spiro atoms. The first-order chi connectivity index (χ1) is 15.7. The second-order valence-electron chi connectivity index (χ2n) is 12.9. The van der Waals surface area contributed by atoms with Crippen molar-refractivity contribution in [2.24, 2.45) is 40.9 Å². The van der Waals surface area contributed by atoms with E-state index in [1.165, 1.54) is 30.9 Å². The maximum Gasteiger partial charge on any atom is 0.0588 e. The highest BCUT2D eigenvalue weighted by Crippen LogP contribution is 2.65. The predicted octanol–water partition coefficient (Wildman–Crippen LogP) is 9.07. The predicted molar refractivity (Wildman–Crippen MR) is 147 cm³/mol. The lowest BCUT2D eigenvalue weighted by Crippen LogP contribution is -2.47. The molecule has 0 nitrogen and oxygen atoms in total. The van der Waals surface area contributed by atoms with Crippen molar-refractivity contribution in [1.82, 2.24) is 0 Å². The highest BCUT2D eigenvalue weighted by Gasteiger charge is 2.59. The molecule has 1 heteroatoms. The van der Waals surface area contributed by atoms with Crippen LogP contribution in [0.15, 0.2) is 84.6 Å². The van der Waals surface area contributed by atoms with Crippen LogP contribution in [0, 0.1) is 40.9 Å². The molecule has 0 N–H and O–H groups in total. The maximum atomic E-state index is 4.17. The van der Waals surface area contributed by atoms with Crippen LogP contribution in [0.25, 0.3) is 0 Å². The lowest BCUT2D eigenvalue weighted by atomic mass is 9.76. The summed E-state index contributed by atoms with van der Waals surface area (Å²) in [6, 6.07) is 1.40. The van der Waals surface area contributed by atoms with Crippen molar-refractivity contribution in [3.05, 3.63) is 84.6 Å². The van der Waals surface area contributed by atoms with Crippen LogP contribution in [0.5, 0.6) is 0 Å². The normalized spacial score (nSPS) is 40.5. The molecular weight excluding hydrogens is 412 g/mol. The van der Waals surface area contributed by atoms with Crippen LogP contribution in [0.4, 0.5) is 0 Å². The lowest BCUT2D eigenvalue weighted by Gasteiger charge is -2.47. The molecule has 0 bridgehead atoms. The Morgan fingerprint density at radius 2 is 1.61 bits per heavy atom. The van der Waals surface area contributed by atoms with E-state index in [0.29, 0.717) is 23.7 Å². The summed E-state index contributed by atoms with van der Waals surface area (Å²) in [4.78, 5) is 0. The summed E-state index contributed by atoms with van der Waals surface area (Å²) < 4.78 is 0. The highest BCUT2D eigenvalue weighted by molar-refractivity contribution is 6.81. The molecule has 9 unspecified atom stereocenters. The van der Waals surface area contributed by atoms with Crippen molar-refractivity contribution in [3.8, 4) is 0 Å². The zero-order valence-corrected chi connectivity index (χ0v) is 22.5. The van der Waals surface area contributed by atoms with E-state index in [9.17, 15) is 0 Å². The minimum atomic E-state index is -1.66. The minimum absolute atomic E-state index is 0.218. The Kier molecular flexibility index (Phi) is 6.01. The van der Waals surface area contributed by atoms with Gasteiger partial charge in [0.15, 0.2) is 0 Å². The van der Waals surface area contributed by atoms with E-state index in [4.69, 9.17) is 0 Å². The zero-order valence-electron chi connectivity index (χ0n) is 21.5. The third-order valence-electron chi connectivity index (χ3n) is 10.0. The van der Waals surface area contributed by atoms with Gasteiger partial charge >= 0.3 is 0 Å². The fourth-order valence-electron chi connectivity index (χ4n) is 8.41. The maximum absolute atomic E-state index is 4.17. The molecule has 5 aliphatic carbocycles. The summed E-state index contributed by atoms with van der Waals surface area (Å²) >= 11 is 0. The Bertz CT molecular complexity index is 963. The van der Waals surface area contributed by atoms with Gasteiger partial charge in [0.25, 0.3) is 0 Å². The highest BCUT2D eigenvalue weighted by atomic mass is 28.3. The van der Waals surface area contributed by atoms with Gasteiger partial charge in [0.05, 0.1) is 8.07 Å². The summed E-state index contributed by atoms with van der Waals surface area (Å²) in [5.74, 6) is 4.28. The fraction of sp³-hybridized carbons (Fsp3) is 0.562. The number of rotatable bonds is 5. The van der Waals surface area contributed by atoms with Gasteiger partial charge in [0.2, 0.25) is 0 Å². The molecule has 2 saturated carbocycles. The molecular formula is C32H44Si. The summed E-state index contributed by atoms with van der Waals surface area (Å²) in [5.41, 5.74) is 4.97. The molecule has 0 amide bonds. The van der Waals surface area contributed by atoms with E-state index in [1.807, 2.05) is 0 Å². The summed E-state index contributed by atoms with van der Waals surface area (Å²) in [6.45, 7) is 16.5. The van der Waals surface area contributed by atoms with Crippen LogP contribution in [0.2, 0.25) is 23.7 Å². The van der Waals surface area contributed by atoms with Crippen LogP contribution in [0.1, 0.15) is 47.0 Å². The second-order valence-corrected chi connectivity index (χ2v) is 17.8. The minimum Gasteiger partial charge on any atom is -0.103 e. The van der Waals surface area contributed by atoms with Gasteiger partial charge < -0.3 is 0 Å². The van der Waals surface area contributed by atoms with Gasteiger partial charge in [-0.2, -0.15) is 0 Å². The summed E-state index contributed by atoms with van der Waals surface area (Å²) in [5, 5.41) is 0. The van der Waals surface area contributed by atoms with Crippen LogP contribution in [-0.4, -0.2) is 8.07 Å². The Morgan fingerprint density at radius 3 is 2.33 bits per heavy atom. The van der Waals surface area contributed by atoms with Gasteiger partial charge in [-0.15, -0.1) is 6.58 Å². The molecule has 0 aromatic heterocycles. The lowest BCUT2D eigenvalue weighted by molar-refractivity contribution is 0.441. The van der Waals surface area contributed by atoms with Crippen molar-refractivity contribution in [1.29, 1.82) is 0 Å². The van der Waals surface area contributed by atoms with Gasteiger partial charge in [-0.1, -0.05) is 112 Å². The Morgan fingerprint density at radius 1 is 0.909 bits per heavy atom. The van der Waals surface area contributed by atoms with E-state index in [0.717, 1.165) is 22.9 Å². The van der Waals surface area contributed by atoms with Crippen molar-refractivity contribution < 1.29 is 0 Å². The molecule has 5 aliphatic rings. The molecule has 33 heavy (non-hydrogen) atoms. The first kappa shape index (κ1) is 23.2. The molecule has 9 atom stereocenters. The van der Waals surface area contributed by atoms with Crippen LogP contribution >= 0.6 is 0 Å². The van der Waals surface area contributed by atoms with Crippen molar-refractivity contribution >= 4 is 8.07 Å². The first-order valence-corrected chi connectivity index (χ1v) is 16.3. The average Bonchev–Trinajstić information content (AvgIpc) is 3.36. The number of allylic oxidation sites excluding steroid dienone is 13. The molecule has 0 aromatic carbocycles. The smallest absolute Gasteiger partial charge is 0.0588 e. The number of fused-ring (bicyclic) bond motifs is 4. The average molecular weight is 457 g/mol. The monoisotopic (exact) mass is 456 g/mol. The molecule has 0 aromatic rings. The van der Waals surface area contributed by atoms with Crippen molar-refractivity contribution in [2.75, 3.05) is 0 Å². The quantitative estimate of drug-likeness (QED) is 0.286.